The van der Waals surface area contributed by atoms with Gasteiger partial charge in [-0.1, -0.05) is 24.0 Å². The van der Waals surface area contributed by atoms with Crippen molar-refractivity contribution in [2.24, 2.45) is 0 Å². The van der Waals surface area contributed by atoms with E-state index in [0.29, 0.717) is 5.56 Å². The molecule has 1 aromatic carbocycles. The third kappa shape index (κ3) is 3.78. The fourth-order valence-corrected chi connectivity index (χ4v) is 1.21. The van der Waals surface area contributed by atoms with Gasteiger partial charge in [0.05, 0.1) is 5.56 Å². The van der Waals surface area contributed by atoms with E-state index in [1.807, 2.05) is 45.0 Å². The molecule has 0 amide bonds. The monoisotopic (exact) mass is 204 g/mol. The fourth-order valence-electron chi connectivity index (χ4n) is 1.21. The molecule has 1 rings (SSSR count). The van der Waals surface area contributed by atoms with Crippen LogP contribution in [0.5, 0.6) is 0 Å². The Labute approximate surface area is 92.0 Å². The number of hydrogen-bond acceptors (Lipinski definition) is 2. The van der Waals surface area contributed by atoms with Crippen LogP contribution in [0.25, 0.3) is 0 Å². The molecular formula is C12H17BO2. The summed E-state index contributed by atoms with van der Waals surface area (Å²) in [6.45, 7) is 5.60. The highest BCUT2D eigenvalue weighted by Gasteiger charge is 2.17. The Balaban J connectivity index is 2.75. The summed E-state index contributed by atoms with van der Waals surface area (Å²) in [5.74, 6) is -0.259. The van der Waals surface area contributed by atoms with Gasteiger partial charge in [0.15, 0.2) is 0 Å². The van der Waals surface area contributed by atoms with Gasteiger partial charge in [0, 0.05) is 0 Å². The molecule has 0 bridgehead atoms. The van der Waals surface area contributed by atoms with Crippen LogP contribution in [0.4, 0.5) is 0 Å². The molecule has 0 aliphatic heterocycles. The molecular weight excluding hydrogens is 187 g/mol. The number of esters is 1. The van der Waals surface area contributed by atoms with Gasteiger partial charge in [0.2, 0.25) is 0 Å². The molecule has 0 spiro atoms. The number of carbonyl (C=O) groups excluding carboxylic acids is 1. The molecule has 0 fully saturated rings. The Hall–Kier alpha value is -1.25. The highest BCUT2D eigenvalue weighted by Crippen LogP contribution is 2.12. The summed E-state index contributed by atoms with van der Waals surface area (Å²) in [4.78, 5) is 11.6. The van der Waals surface area contributed by atoms with E-state index < -0.39 is 5.60 Å². The largest absolute Gasteiger partial charge is 0.456 e. The van der Waals surface area contributed by atoms with E-state index in [2.05, 4.69) is 7.85 Å². The minimum absolute atomic E-state index is 0.259. The van der Waals surface area contributed by atoms with Gasteiger partial charge in [0.1, 0.15) is 13.4 Å². The second-order valence-corrected chi connectivity index (χ2v) is 4.55. The van der Waals surface area contributed by atoms with Crippen molar-refractivity contribution in [2.75, 3.05) is 0 Å². The zero-order chi connectivity index (χ0) is 11.5. The van der Waals surface area contributed by atoms with Crippen LogP contribution in [0.1, 0.15) is 36.7 Å². The lowest BCUT2D eigenvalue weighted by atomic mass is 9.96. The second-order valence-electron chi connectivity index (χ2n) is 4.55. The first-order valence-electron chi connectivity index (χ1n) is 5.24. The lowest BCUT2D eigenvalue weighted by Crippen LogP contribution is -2.23. The van der Waals surface area contributed by atoms with Crippen molar-refractivity contribution in [3.63, 3.8) is 0 Å². The van der Waals surface area contributed by atoms with Crippen molar-refractivity contribution in [3.05, 3.63) is 35.4 Å². The van der Waals surface area contributed by atoms with E-state index in [9.17, 15) is 4.79 Å². The number of benzene rings is 1. The van der Waals surface area contributed by atoms with Gasteiger partial charge < -0.3 is 4.74 Å². The number of rotatable bonds is 2. The lowest BCUT2D eigenvalue weighted by Gasteiger charge is -2.19. The third-order valence-corrected chi connectivity index (χ3v) is 2.00. The predicted molar refractivity (Wildman–Crippen MR) is 63.9 cm³/mol. The molecule has 0 atom stereocenters. The van der Waals surface area contributed by atoms with Gasteiger partial charge in [-0.05, 0) is 32.9 Å². The Bertz CT molecular complexity index is 336. The summed E-state index contributed by atoms with van der Waals surface area (Å²) in [7, 11) is 2.09. The van der Waals surface area contributed by atoms with Gasteiger partial charge in [-0.2, -0.15) is 0 Å². The Kier molecular flexibility index (Phi) is 3.56. The van der Waals surface area contributed by atoms with Crippen LogP contribution in [-0.2, 0) is 11.1 Å². The predicted octanol–water partition coefficient (Wildman–Crippen LogP) is 1.77. The molecule has 80 valence electrons. The van der Waals surface area contributed by atoms with E-state index in [-0.39, 0.29) is 5.97 Å². The van der Waals surface area contributed by atoms with Gasteiger partial charge in [0.25, 0.3) is 0 Å². The summed E-state index contributed by atoms with van der Waals surface area (Å²) in [5, 5.41) is 0. The Morgan fingerprint density at radius 1 is 1.27 bits per heavy atom. The maximum absolute atomic E-state index is 11.6. The van der Waals surface area contributed by atoms with E-state index in [4.69, 9.17) is 4.74 Å². The van der Waals surface area contributed by atoms with Crippen LogP contribution in [0.3, 0.4) is 0 Å². The van der Waals surface area contributed by atoms with Crippen molar-refractivity contribution in [1.29, 1.82) is 0 Å². The fraction of sp³-hybridized carbons (Fsp3) is 0.417. The summed E-state index contributed by atoms with van der Waals surface area (Å²) >= 11 is 0. The number of hydrogen-bond donors (Lipinski definition) is 0. The van der Waals surface area contributed by atoms with Crippen LogP contribution in [0.15, 0.2) is 24.3 Å². The molecule has 0 N–H and O–H groups in total. The van der Waals surface area contributed by atoms with Crippen LogP contribution in [-0.4, -0.2) is 19.4 Å². The van der Waals surface area contributed by atoms with Gasteiger partial charge in [-0.15, -0.1) is 0 Å². The molecule has 0 unspecified atom stereocenters. The van der Waals surface area contributed by atoms with E-state index in [1.54, 1.807) is 0 Å². The van der Waals surface area contributed by atoms with Gasteiger partial charge >= 0.3 is 5.97 Å². The molecule has 0 radical (unpaired) electrons. The standard InChI is InChI=1S/C12H17BO2/c1-12(2,3)15-11(14)10-6-4-9(8-13)5-7-10/h4-7H,8,13H2,1-3H3. The van der Waals surface area contributed by atoms with E-state index in [1.165, 1.54) is 5.56 Å². The molecule has 0 heterocycles. The molecule has 15 heavy (non-hydrogen) atoms. The average molecular weight is 204 g/mol. The van der Waals surface area contributed by atoms with Crippen LogP contribution in [0, 0.1) is 0 Å². The average Bonchev–Trinajstić information content (AvgIpc) is 2.15. The first-order valence-corrected chi connectivity index (χ1v) is 5.24. The highest BCUT2D eigenvalue weighted by atomic mass is 16.6. The van der Waals surface area contributed by atoms with E-state index >= 15 is 0 Å². The minimum Gasteiger partial charge on any atom is -0.456 e. The zero-order valence-corrected chi connectivity index (χ0v) is 9.83. The SMILES string of the molecule is BCc1ccc(C(=O)OC(C)(C)C)cc1. The second kappa shape index (κ2) is 4.52. The summed E-state index contributed by atoms with van der Waals surface area (Å²) in [6.07, 6.45) is 0.981. The van der Waals surface area contributed by atoms with E-state index in [0.717, 1.165) is 6.32 Å². The Morgan fingerprint density at radius 2 is 1.80 bits per heavy atom. The molecule has 2 nitrogen and oxygen atoms in total. The molecule has 1 aromatic rings. The molecule has 0 aromatic heterocycles. The molecule has 0 aliphatic rings. The first kappa shape index (κ1) is 11.8. The van der Waals surface area contributed by atoms with Crippen molar-refractivity contribution >= 4 is 13.8 Å². The van der Waals surface area contributed by atoms with Gasteiger partial charge in [-0.25, -0.2) is 4.79 Å². The van der Waals surface area contributed by atoms with Crippen LogP contribution in [0.2, 0.25) is 0 Å². The van der Waals surface area contributed by atoms with Crippen molar-refractivity contribution in [2.45, 2.75) is 32.7 Å². The lowest BCUT2D eigenvalue weighted by molar-refractivity contribution is 0.00696. The normalized spacial score (nSPS) is 11.1. The zero-order valence-electron chi connectivity index (χ0n) is 9.83. The maximum Gasteiger partial charge on any atom is 0.338 e. The smallest absolute Gasteiger partial charge is 0.338 e. The number of carbonyl (C=O) groups is 1. The van der Waals surface area contributed by atoms with Crippen molar-refractivity contribution in [3.8, 4) is 0 Å². The first-order chi connectivity index (χ1) is 6.92. The topological polar surface area (TPSA) is 26.3 Å². The summed E-state index contributed by atoms with van der Waals surface area (Å²) < 4.78 is 5.26. The molecule has 0 saturated carbocycles. The molecule has 0 aliphatic carbocycles. The minimum atomic E-state index is -0.430. The number of ether oxygens (including phenoxy) is 1. The molecule has 0 saturated heterocycles. The van der Waals surface area contributed by atoms with Crippen molar-refractivity contribution < 1.29 is 9.53 Å². The van der Waals surface area contributed by atoms with Crippen LogP contribution >= 0.6 is 0 Å². The molecule has 3 heteroatoms. The summed E-state index contributed by atoms with van der Waals surface area (Å²) in [6, 6.07) is 7.54. The Morgan fingerprint density at radius 3 is 2.20 bits per heavy atom. The van der Waals surface area contributed by atoms with Crippen molar-refractivity contribution in [1.82, 2.24) is 0 Å². The maximum atomic E-state index is 11.6. The summed E-state index contributed by atoms with van der Waals surface area (Å²) in [5.41, 5.74) is 1.41. The quantitative estimate of drug-likeness (QED) is 0.542. The van der Waals surface area contributed by atoms with Crippen LogP contribution < -0.4 is 0 Å². The van der Waals surface area contributed by atoms with Gasteiger partial charge in [-0.3, -0.25) is 0 Å². The highest BCUT2D eigenvalue weighted by molar-refractivity contribution is 6.08. The third-order valence-electron chi connectivity index (χ3n) is 2.00.